The Morgan fingerprint density at radius 2 is 1.84 bits per heavy atom. The molecule has 31 heavy (non-hydrogen) atoms. The van der Waals surface area contributed by atoms with Crippen molar-refractivity contribution in [1.82, 2.24) is 0 Å². The van der Waals surface area contributed by atoms with Gasteiger partial charge in [-0.05, 0) is 85.4 Å². The molecule has 2 saturated heterocycles. The summed E-state index contributed by atoms with van der Waals surface area (Å²) < 4.78 is 13.3. The lowest BCUT2D eigenvalue weighted by Gasteiger charge is -2.59. The Morgan fingerprint density at radius 1 is 1.03 bits per heavy atom. The fourth-order valence-corrected chi connectivity index (χ4v) is 9.71. The average Bonchev–Trinajstić information content (AvgIpc) is 3.16. The minimum Gasteiger partial charge on any atom is -0.390 e. The molecule has 2 heterocycles. The van der Waals surface area contributed by atoms with Gasteiger partial charge in [0.15, 0.2) is 5.79 Å². The third-order valence-corrected chi connectivity index (χ3v) is 11.4. The van der Waals surface area contributed by atoms with Crippen molar-refractivity contribution in [2.75, 3.05) is 6.61 Å². The zero-order chi connectivity index (χ0) is 21.8. The van der Waals surface area contributed by atoms with Gasteiger partial charge in [0.05, 0.1) is 24.9 Å². The van der Waals surface area contributed by atoms with Crippen LogP contribution in [0.2, 0.25) is 0 Å². The predicted molar refractivity (Wildman–Crippen MR) is 119 cm³/mol. The van der Waals surface area contributed by atoms with Crippen molar-refractivity contribution in [2.24, 2.45) is 46.3 Å². The van der Waals surface area contributed by atoms with E-state index >= 15 is 0 Å². The van der Waals surface area contributed by atoms with Gasteiger partial charge in [-0.3, -0.25) is 0 Å². The van der Waals surface area contributed by atoms with Gasteiger partial charge >= 0.3 is 0 Å². The molecule has 4 heteroatoms. The molecule has 2 N–H and O–H groups in total. The number of rotatable bonds is 0. The molecule has 6 aliphatic rings. The Kier molecular flexibility index (Phi) is 4.64. The predicted octanol–water partition coefficient (Wildman–Crippen LogP) is 4.68. The second-order valence-electron chi connectivity index (χ2n) is 12.8. The molecule has 3 saturated carbocycles. The van der Waals surface area contributed by atoms with E-state index in [0.717, 1.165) is 25.9 Å². The fraction of sp³-hybridized carbons (Fsp3) is 0.926. The Labute approximate surface area is 187 Å². The molecule has 0 aromatic carbocycles. The van der Waals surface area contributed by atoms with Crippen LogP contribution in [0.4, 0.5) is 0 Å². The molecule has 6 rings (SSSR count). The highest BCUT2D eigenvalue weighted by atomic mass is 16.7. The van der Waals surface area contributed by atoms with Crippen molar-refractivity contribution < 1.29 is 19.7 Å². The van der Waals surface area contributed by atoms with Crippen LogP contribution in [0.1, 0.15) is 79.1 Å². The van der Waals surface area contributed by atoms with Crippen LogP contribution in [-0.4, -0.2) is 40.9 Å². The fourth-order valence-electron chi connectivity index (χ4n) is 9.71. The van der Waals surface area contributed by atoms with Crippen molar-refractivity contribution in [1.29, 1.82) is 0 Å². The quantitative estimate of drug-likeness (QED) is 0.548. The Balaban J connectivity index is 1.28. The van der Waals surface area contributed by atoms with Crippen LogP contribution in [0.3, 0.4) is 0 Å². The lowest BCUT2D eigenvalue weighted by molar-refractivity contribution is -0.272. The molecule has 174 valence electrons. The molecule has 2 aliphatic heterocycles. The molecule has 1 spiro atoms. The number of hydrogen-bond acceptors (Lipinski definition) is 4. The standard InChI is InChI=1S/C27H42O4/c1-15-7-10-27(30-14-15)16(2)24-23(31-27)12-20-18-6-5-17-11-21(28)22(29)13-26(17,4)19(18)8-9-25(20,24)3/h5,15-16,18-24,28-29H,6-14H2,1-4H3/t15-,16+,18-,19?,20+,21-,22-,23+,24?,25+,26+,27-/m1/s1. The first kappa shape index (κ1) is 21.1. The van der Waals surface area contributed by atoms with E-state index in [-0.39, 0.29) is 11.2 Å². The first-order valence-electron chi connectivity index (χ1n) is 13.1. The van der Waals surface area contributed by atoms with Gasteiger partial charge in [0.2, 0.25) is 0 Å². The van der Waals surface area contributed by atoms with E-state index in [0.29, 0.717) is 53.4 Å². The molecule has 0 radical (unpaired) electrons. The van der Waals surface area contributed by atoms with Crippen molar-refractivity contribution in [2.45, 2.75) is 103 Å². The number of fused-ring (bicyclic) bond motifs is 7. The summed E-state index contributed by atoms with van der Waals surface area (Å²) in [4.78, 5) is 0. The number of aliphatic hydroxyl groups excluding tert-OH is 2. The maximum atomic E-state index is 10.5. The van der Waals surface area contributed by atoms with Gasteiger partial charge in [-0.15, -0.1) is 0 Å². The van der Waals surface area contributed by atoms with Crippen molar-refractivity contribution in [3.8, 4) is 0 Å². The summed E-state index contributed by atoms with van der Waals surface area (Å²) in [6.45, 7) is 10.5. The second kappa shape index (κ2) is 6.81. The van der Waals surface area contributed by atoms with E-state index in [1.54, 1.807) is 0 Å². The van der Waals surface area contributed by atoms with Gasteiger partial charge in [0, 0.05) is 12.3 Å². The normalized spacial score (nSPS) is 60.7. The summed E-state index contributed by atoms with van der Waals surface area (Å²) in [5, 5.41) is 20.8. The smallest absolute Gasteiger partial charge is 0.171 e. The van der Waals surface area contributed by atoms with Crippen LogP contribution in [0.15, 0.2) is 11.6 Å². The monoisotopic (exact) mass is 430 g/mol. The molecule has 0 aromatic rings. The van der Waals surface area contributed by atoms with Gasteiger partial charge in [-0.25, -0.2) is 0 Å². The van der Waals surface area contributed by atoms with E-state index in [1.165, 1.54) is 31.3 Å². The SMILES string of the molecule is C[C@@H]1CC[C@@]2(OC1)O[C@H]1C[C@H]3[C@@H]4CC=C5C[C@@H](O)[C@H](O)C[C@]5(C)C4CC[C@]3(C)C1[C@@H]2C. The largest absolute Gasteiger partial charge is 0.390 e. The van der Waals surface area contributed by atoms with Crippen LogP contribution in [0, 0.1) is 46.3 Å². The second-order valence-corrected chi connectivity index (χ2v) is 12.8. The summed E-state index contributed by atoms with van der Waals surface area (Å²) in [6.07, 6.45) is 10.1. The zero-order valence-electron chi connectivity index (χ0n) is 19.8. The highest BCUT2D eigenvalue weighted by Crippen LogP contribution is 2.70. The summed E-state index contributed by atoms with van der Waals surface area (Å²) in [5.74, 6) is 3.39. The van der Waals surface area contributed by atoms with Crippen molar-refractivity contribution >= 4 is 0 Å². The van der Waals surface area contributed by atoms with Crippen LogP contribution in [0.25, 0.3) is 0 Å². The van der Waals surface area contributed by atoms with Crippen molar-refractivity contribution in [3.63, 3.8) is 0 Å². The lowest BCUT2D eigenvalue weighted by atomic mass is 9.46. The topological polar surface area (TPSA) is 58.9 Å². The minimum absolute atomic E-state index is 0.0525. The molecule has 2 unspecified atom stereocenters. The molecule has 0 amide bonds. The Hall–Kier alpha value is -0.420. The van der Waals surface area contributed by atoms with Gasteiger partial charge in [-0.2, -0.15) is 0 Å². The maximum Gasteiger partial charge on any atom is 0.171 e. The number of hydrogen-bond donors (Lipinski definition) is 2. The highest BCUT2D eigenvalue weighted by molar-refractivity contribution is 5.27. The molecule has 4 aliphatic carbocycles. The van der Waals surface area contributed by atoms with E-state index in [1.807, 2.05) is 0 Å². The zero-order valence-corrected chi connectivity index (χ0v) is 19.8. The third kappa shape index (κ3) is 2.74. The molecular formula is C27H42O4. The third-order valence-electron chi connectivity index (χ3n) is 11.4. The number of allylic oxidation sites excluding steroid dienone is 1. The van der Waals surface area contributed by atoms with Crippen LogP contribution in [-0.2, 0) is 9.47 Å². The van der Waals surface area contributed by atoms with Gasteiger partial charge in [0.25, 0.3) is 0 Å². The van der Waals surface area contributed by atoms with Gasteiger partial charge in [0.1, 0.15) is 0 Å². The molecule has 4 nitrogen and oxygen atoms in total. The molecule has 12 atom stereocenters. The summed E-state index contributed by atoms with van der Waals surface area (Å²) in [7, 11) is 0. The minimum atomic E-state index is -0.584. The molecular weight excluding hydrogens is 388 g/mol. The molecule has 0 aromatic heterocycles. The molecule has 5 fully saturated rings. The number of aliphatic hydroxyl groups is 2. The van der Waals surface area contributed by atoms with E-state index in [9.17, 15) is 10.2 Å². The van der Waals surface area contributed by atoms with E-state index < -0.39 is 12.2 Å². The number of ether oxygens (including phenoxy) is 2. The summed E-state index contributed by atoms with van der Waals surface area (Å²) in [5.41, 5.74) is 1.80. The average molecular weight is 431 g/mol. The van der Waals surface area contributed by atoms with E-state index in [4.69, 9.17) is 9.47 Å². The maximum absolute atomic E-state index is 10.5. The first-order chi connectivity index (χ1) is 14.7. The lowest BCUT2D eigenvalue weighted by Crippen LogP contribution is -2.54. The van der Waals surface area contributed by atoms with Crippen LogP contribution in [0.5, 0.6) is 0 Å². The highest BCUT2D eigenvalue weighted by Gasteiger charge is 2.68. The Morgan fingerprint density at radius 3 is 2.58 bits per heavy atom. The van der Waals surface area contributed by atoms with Gasteiger partial charge < -0.3 is 19.7 Å². The van der Waals surface area contributed by atoms with Crippen LogP contribution >= 0.6 is 0 Å². The summed E-state index contributed by atoms with van der Waals surface area (Å²) >= 11 is 0. The van der Waals surface area contributed by atoms with Crippen LogP contribution < -0.4 is 0 Å². The summed E-state index contributed by atoms with van der Waals surface area (Å²) in [6, 6.07) is 0. The van der Waals surface area contributed by atoms with E-state index in [2.05, 4.69) is 33.8 Å². The van der Waals surface area contributed by atoms with Crippen molar-refractivity contribution in [3.05, 3.63) is 11.6 Å². The van der Waals surface area contributed by atoms with Gasteiger partial charge in [-0.1, -0.05) is 39.3 Å². The Bertz CT molecular complexity index is 769. The first-order valence-corrected chi connectivity index (χ1v) is 13.1. The molecule has 0 bridgehead atoms.